The summed E-state index contributed by atoms with van der Waals surface area (Å²) < 4.78 is 6.57. The number of aromatic nitrogens is 2. The SMILES string of the molecule is COC(=O)CCc1ccc(C(Cl)Cn2ccnc2)cc1. The molecule has 0 spiro atoms. The highest BCUT2D eigenvalue weighted by Crippen LogP contribution is 2.23. The van der Waals surface area contributed by atoms with Gasteiger partial charge in [-0.05, 0) is 17.5 Å². The molecule has 0 saturated carbocycles. The van der Waals surface area contributed by atoms with E-state index in [1.807, 2.05) is 35.0 Å². The third-order valence-electron chi connectivity index (χ3n) is 3.12. The first-order valence-corrected chi connectivity index (χ1v) is 6.88. The first kappa shape index (κ1) is 14.6. The summed E-state index contributed by atoms with van der Waals surface area (Å²) in [6.07, 6.45) is 6.45. The molecule has 0 aliphatic heterocycles. The minimum absolute atomic E-state index is 0.0983. The van der Waals surface area contributed by atoms with E-state index in [2.05, 4.69) is 9.72 Å². The van der Waals surface area contributed by atoms with Crippen LogP contribution in [0.5, 0.6) is 0 Å². The van der Waals surface area contributed by atoms with Crippen molar-refractivity contribution in [1.29, 1.82) is 0 Å². The Balaban J connectivity index is 1.92. The highest BCUT2D eigenvalue weighted by atomic mass is 35.5. The van der Waals surface area contributed by atoms with Crippen molar-refractivity contribution >= 4 is 17.6 Å². The van der Waals surface area contributed by atoms with E-state index in [1.165, 1.54) is 7.11 Å². The molecule has 0 aliphatic rings. The van der Waals surface area contributed by atoms with Crippen LogP contribution in [0, 0.1) is 0 Å². The second kappa shape index (κ2) is 7.10. The van der Waals surface area contributed by atoms with Crippen molar-refractivity contribution in [3.05, 3.63) is 54.1 Å². The zero-order valence-electron chi connectivity index (χ0n) is 11.3. The zero-order chi connectivity index (χ0) is 14.4. The van der Waals surface area contributed by atoms with Crippen molar-refractivity contribution in [2.24, 2.45) is 0 Å². The predicted molar refractivity (Wildman–Crippen MR) is 77.6 cm³/mol. The van der Waals surface area contributed by atoms with Crippen molar-refractivity contribution in [1.82, 2.24) is 9.55 Å². The smallest absolute Gasteiger partial charge is 0.305 e. The van der Waals surface area contributed by atoms with E-state index in [1.54, 1.807) is 12.5 Å². The standard InChI is InChI=1S/C15H17ClN2O2/c1-20-15(19)7-4-12-2-5-13(6-3-12)14(16)10-18-9-8-17-11-18/h2-3,5-6,8-9,11,14H,4,7,10H2,1H3. The Kier molecular flexibility index (Phi) is 5.18. The lowest BCUT2D eigenvalue weighted by Crippen LogP contribution is -2.03. The Morgan fingerprint density at radius 3 is 2.75 bits per heavy atom. The lowest BCUT2D eigenvalue weighted by atomic mass is 10.1. The van der Waals surface area contributed by atoms with Gasteiger partial charge in [-0.25, -0.2) is 4.98 Å². The number of methoxy groups -OCH3 is 1. The molecule has 5 heteroatoms. The molecule has 2 rings (SSSR count). The Labute approximate surface area is 123 Å². The fourth-order valence-electron chi connectivity index (χ4n) is 1.93. The summed E-state index contributed by atoms with van der Waals surface area (Å²) in [5.74, 6) is -0.190. The van der Waals surface area contributed by atoms with Crippen LogP contribution < -0.4 is 0 Å². The maximum Gasteiger partial charge on any atom is 0.305 e. The number of esters is 1. The van der Waals surface area contributed by atoms with Crippen LogP contribution >= 0.6 is 11.6 Å². The molecule has 4 nitrogen and oxygen atoms in total. The molecule has 0 saturated heterocycles. The molecular formula is C15H17ClN2O2. The van der Waals surface area contributed by atoms with Crippen molar-refractivity contribution in [2.45, 2.75) is 24.8 Å². The summed E-state index contributed by atoms with van der Waals surface area (Å²) in [5.41, 5.74) is 2.16. The second-order valence-corrected chi connectivity index (χ2v) is 5.07. The van der Waals surface area contributed by atoms with Crippen LogP contribution in [0.2, 0.25) is 0 Å². The number of hydrogen-bond donors (Lipinski definition) is 0. The highest BCUT2D eigenvalue weighted by molar-refractivity contribution is 6.20. The Hall–Kier alpha value is -1.81. The molecule has 0 fully saturated rings. The van der Waals surface area contributed by atoms with Gasteiger partial charge >= 0.3 is 5.97 Å². The number of alkyl halides is 1. The van der Waals surface area contributed by atoms with Gasteiger partial charge < -0.3 is 9.30 Å². The average Bonchev–Trinajstić information content (AvgIpc) is 2.98. The van der Waals surface area contributed by atoms with Gasteiger partial charge in [-0.2, -0.15) is 0 Å². The number of ether oxygens (including phenoxy) is 1. The average molecular weight is 293 g/mol. The van der Waals surface area contributed by atoms with Crippen LogP contribution in [-0.4, -0.2) is 22.6 Å². The number of carbonyl (C=O) groups is 1. The number of hydrogen-bond acceptors (Lipinski definition) is 3. The molecule has 0 radical (unpaired) electrons. The van der Waals surface area contributed by atoms with Gasteiger partial charge in [0.15, 0.2) is 0 Å². The Morgan fingerprint density at radius 2 is 2.15 bits per heavy atom. The molecular weight excluding hydrogens is 276 g/mol. The third kappa shape index (κ3) is 4.10. The van der Waals surface area contributed by atoms with E-state index in [4.69, 9.17) is 11.6 Å². The van der Waals surface area contributed by atoms with E-state index in [0.29, 0.717) is 19.4 Å². The molecule has 0 aliphatic carbocycles. The molecule has 2 aromatic rings. The van der Waals surface area contributed by atoms with Gasteiger partial charge in [-0.1, -0.05) is 24.3 Å². The van der Waals surface area contributed by atoms with Crippen molar-refractivity contribution in [2.75, 3.05) is 7.11 Å². The fraction of sp³-hybridized carbons (Fsp3) is 0.333. The second-order valence-electron chi connectivity index (χ2n) is 4.54. The molecule has 1 aromatic heterocycles. The molecule has 20 heavy (non-hydrogen) atoms. The van der Waals surface area contributed by atoms with E-state index in [9.17, 15) is 4.79 Å². The van der Waals surface area contributed by atoms with Crippen molar-refractivity contribution in [3.8, 4) is 0 Å². The first-order chi connectivity index (χ1) is 9.69. The van der Waals surface area contributed by atoms with Crippen molar-refractivity contribution in [3.63, 3.8) is 0 Å². The van der Waals surface area contributed by atoms with Gasteiger partial charge in [-0.15, -0.1) is 11.6 Å². The molecule has 1 heterocycles. The number of aryl methyl sites for hydroxylation is 1. The molecule has 106 valence electrons. The van der Waals surface area contributed by atoms with E-state index >= 15 is 0 Å². The van der Waals surface area contributed by atoms with Crippen LogP contribution in [0.15, 0.2) is 43.0 Å². The number of imidazole rings is 1. The van der Waals surface area contributed by atoms with E-state index in [-0.39, 0.29) is 11.3 Å². The number of halogens is 1. The maximum absolute atomic E-state index is 11.1. The van der Waals surface area contributed by atoms with E-state index in [0.717, 1.165) is 11.1 Å². The quantitative estimate of drug-likeness (QED) is 0.607. The first-order valence-electron chi connectivity index (χ1n) is 6.44. The third-order valence-corrected chi connectivity index (χ3v) is 3.51. The summed E-state index contributed by atoms with van der Waals surface area (Å²) >= 11 is 6.38. The number of benzene rings is 1. The van der Waals surface area contributed by atoms with Gasteiger partial charge in [0.25, 0.3) is 0 Å². The minimum atomic E-state index is -0.190. The van der Waals surface area contributed by atoms with Crippen LogP contribution in [0.1, 0.15) is 22.9 Å². The normalized spacial score (nSPS) is 12.1. The minimum Gasteiger partial charge on any atom is -0.469 e. The lowest BCUT2D eigenvalue weighted by Gasteiger charge is -2.11. The zero-order valence-corrected chi connectivity index (χ0v) is 12.1. The summed E-state index contributed by atoms with van der Waals surface area (Å²) in [6, 6.07) is 8.01. The van der Waals surface area contributed by atoms with Gasteiger partial charge in [0.05, 0.1) is 18.8 Å². The van der Waals surface area contributed by atoms with Gasteiger partial charge in [0.1, 0.15) is 0 Å². The van der Waals surface area contributed by atoms with Gasteiger partial charge in [0, 0.05) is 25.4 Å². The Morgan fingerprint density at radius 1 is 1.40 bits per heavy atom. The Bertz CT molecular complexity index is 538. The maximum atomic E-state index is 11.1. The molecule has 1 unspecified atom stereocenters. The van der Waals surface area contributed by atoms with Gasteiger partial charge in [-0.3, -0.25) is 4.79 Å². The topological polar surface area (TPSA) is 44.1 Å². The summed E-state index contributed by atoms with van der Waals surface area (Å²) in [5, 5.41) is -0.0983. The summed E-state index contributed by atoms with van der Waals surface area (Å²) in [6.45, 7) is 0.684. The highest BCUT2D eigenvalue weighted by Gasteiger charge is 2.09. The molecule has 0 N–H and O–H groups in total. The molecule has 0 bridgehead atoms. The molecule has 1 aromatic carbocycles. The summed E-state index contributed by atoms with van der Waals surface area (Å²) in [7, 11) is 1.40. The predicted octanol–water partition coefficient (Wildman–Crippen LogP) is 2.97. The summed E-state index contributed by atoms with van der Waals surface area (Å²) in [4.78, 5) is 15.1. The van der Waals surface area contributed by atoms with Gasteiger partial charge in [0.2, 0.25) is 0 Å². The molecule has 1 atom stereocenters. The van der Waals surface area contributed by atoms with Crippen molar-refractivity contribution < 1.29 is 9.53 Å². The lowest BCUT2D eigenvalue weighted by molar-refractivity contribution is -0.140. The number of rotatable bonds is 6. The van der Waals surface area contributed by atoms with Crippen LogP contribution in [0.3, 0.4) is 0 Å². The number of nitrogens with zero attached hydrogens (tertiary/aromatic N) is 2. The monoisotopic (exact) mass is 292 g/mol. The largest absolute Gasteiger partial charge is 0.469 e. The van der Waals surface area contributed by atoms with E-state index < -0.39 is 0 Å². The van der Waals surface area contributed by atoms with Crippen LogP contribution in [0.25, 0.3) is 0 Å². The van der Waals surface area contributed by atoms with Crippen LogP contribution in [-0.2, 0) is 22.5 Å². The fourth-order valence-corrected chi connectivity index (χ4v) is 2.23. The van der Waals surface area contributed by atoms with Crippen LogP contribution in [0.4, 0.5) is 0 Å². The molecule has 0 amide bonds. The number of carbonyl (C=O) groups excluding carboxylic acids is 1.